The molecule has 0 spiro atoms. The van der Waals surface area contributed by atoms with Crippen molar-refractivity contribution in [1.82, 2.24) is 0 Å². The van der Waals surface area contributed by atoms with Crippen LogP contribution < -0.4 is 5.32 Å². The van der Waals surface area contributed by atoms with Gasteiger partial charge in [0.15, 0.2) is 0 Å². The van der Waals surface area contributed by atoms with Gasteiger partial charge in [-0.3, -0.25) is 0 Å². The van der Waals surface area contributed by atoms with Gasteiger partial charge in [-0.05, 0) is 66.8 Å². The second-order valence-electron chi connectivity index (χ2n) is 7.62. The Morgan fingerprint density at radius 2 is 1.90 bits per heavy atom. The number of nitrogens with one attached hydrogen (secondary N) is 1. The van der Waals surface area contributed by atoms with E-state index in [9.17, 15) is 9.90 Å². The van der Waals surface area contributed by atoms with E-state index in [1.165, 1.54) is 16.7 Å². The third-order valence-corrected chi connectivity index (χ3v) is 6.28. The molecule has 1 aliphatic heterocycles. The molecular weight excluding hydrogens is 450 g/mol. The van der Waals surface area contributed by atoms with Gasteiger partial charge in [0, 0.05) is 15.4 Å². The molecule has 0 bridgehead atoms. The summed E-state index contributed by atoms with van der Waals surface area (Å²) < 4.78 is 0.770. The molecule has 3 nitrogen and oxygen atoms in total. The summed E-state index contributed by atoms with van der Waals surface area (Å²) in [6, 6.07) is 17.9. The number of carboxylic acids is 1. The van der Waals surface area contributed by atoms with Gasteiger partial charge in [-0.15, -0.1) is 0 Å². The summed E-state index contributed by atoms with van der Waals surface area (Å²) >= 11 is 9.74. The largest absolute Gasteiger partial charge is 0.478 e. The molecule has 2 atom stereocenters. The van der Waals surface area contributed by atoms with Gasteiger partial charge in [0.05, 0.1) is 17.3 Å². The van der Waals surface area contributed by atoms with Gasteiger partial charge in [-0.2, -0.15) is 0 Å². The lowest BCUT2D eigenvalue weighted by Gasteiger charge is -2.35. The molecule has 3 aromatic carbocycles. The Balaban J connectivity index is 1.93. The fourth-order valence-corrected chi connectivity index (χ4v) is 4.88. The monoisotopic (exact) mass is 469 g/mol. The Morgan fingerprint density at radius 3 is 2.62 bits per heavy atom. The summed E-state index contributed by atoms with van der Waals surface area (Å²) in [6.45, 7) is 4.20. The zero-order valence-corrected chi connectivity index (χ0v) is 18.5. The first-order valence-corrected chi connectivity index (χ1v) is 10.7. The number of carbonyl (C=O) groups is 1. The van der Waals surface area contributed by atoms with Crippen molar-refractivity contribution in [3.63, 3.8) is 0 Å². The van der Waals surface area contributed by atoms with Gasteiger partial charge in [-0.1, -0.05) is 63.4 Å². The van der Waals surface area contributed by atoms with E-state index in [2.05, 4.69) is 53.3 Å². The Morgan fingerprint density at radius 1 is 1.10 bits per heavy atom. The van der Waals surface area contributed by atoms with Crippen LogP contribution in [0.2, 0.25) is 5.02 Å². The number of anilines is 1. The SMILES string of the molecule is Cc1ccc(C)c([C@H]2C[C@H](c3cccc(Cl)c3)Nc3c(C(=O)O)cc(Br)cc32)c1. The number of rotatable bonds is 3. The Kier molecular flexibility index (Phi) is 5.41. The summed E-state index contributed by atoms with van der Waals surface area (Å²) in [7, 11) is 0. The summed E-state index contributed by atoms with van der Waals surface area (Å²) in [5.41, 5.74) is 6.64. The Hall–Kier alpha value is -2.30. The molecule has 2 N–H and O–H groups in total. The van der Waals surface area contributed by atoms with Crippen LogP contribution in [0.5, 0.6) is 0 Å². The van der Waals surface area contributed by atoms with Crippen molar-refractivity contribution in [1.29, 1.82) is 0 Å². The third kappa shape index (κ3) is 3.92. The van der Waals surface area contributed by atoms with Gasteiger partial charge in [-0.25, -0.2) is 4.79 Å². The highest BCUT2D eigenvalue weighted by atomic mass is 79.9. The maximum atomic E-state index is 12.0. The van der Waals surface area contributed by atoms with Gasteiger partial charge < -0.3 is 10.4 Å². The number of halogens is 2. The Labute approximate surface area is 183 Å². The molecule has 1 aliphatic rings. The topological polar surface area (TPSA) is 49.3 Å². The van der Waals surface area contributed by atoms with Crippen LogP contribution in [0.25, 0.3) is 0 Å². The first-order chi connectivity index (χ1) is 13.8. The van der Waals surface area contributed by atoms with Crippen molar-refractivity contribution in [2.24, 2.45) is 0 Å². The van der Waals surface area contributed by atoms with Crippen LogP contribution in [-0.4, -0.2) is 11.1 Å². The van der Waals surface area contributed by atoms with E-state index < -0.39 is 5.97 Å². The minimum absolute atomic E-state index is 0.0367. The molecule has 0 radical (unpaired) electrons. The van der Waals surface area contributed by atoms with Crippen molar-refractivity contribution in [2.75, 3.05) is 5.32 Å². The van der Waals surface area contributed by atoms with Crippen LogP contribution >= 0.6 is 27.5 Å². The van der Waals surface area contributed by atoms with Crippen molar-refractivity contribution >= 4 is 39.2 Å². The second-order valence-corrected chi connectivity index (χ2v) is 8.98. The third-order valence-electron chi connectivity index (χ3n) is 5.59. The van der Waals surface area contributed by atoms with E-state index in [0.717, 1.165) is 22.0 Å². The molecular formula is C24H21BrClNO2. The fourth-order valence-electron chi connectivity index (χ4n) is 4.20. The minimum atomic E-state index is -0.943. The molecule has 4 rings (SSSR count). The first kappa shape index (κ1) is 20.0. The van der Waals surface area contributed by atoms with Gasteiger partial charge in [0.2, 0.25) is 0 Å². The summed E-state index contributed by atoms with van der Waals surface area (Å²) in [5.74, 6) is -0.868. The molecule has 148 valence electrons. The summed E-state index contributed by atoms with van der Waals surface area (Å²) in [4.78, 5) is 12.0. The summed E-state index contributed by atoms with van der Waals surface area (Å²) in [5, 5.41) is 14.0. The van der Waals surface area contributed by atoms with E-state index in [1.807, 2.05) is 30.3 Å². The van der Waals surface area contributed by atoms with Gasteiger partial charge in [0.1, 0.15) is 0 Å². The molecule has 0 saturated heterocycles. The first-order valence-electron chi connectivity index (χ1n) is 9.49. The molecule has 0 saturated carbocycles. The van der Waals surface area contributed by atoms with Crippen LogP contribution in [0.1, 0.15) is 56.6 Å². The molecule has 0 unspecified atom stereocenters. The zero-order chi connectivity index (χ0) is 20.7. The highest BCUT2D eigenvalue weighted by molar-refractivity contribution is 9.10. The van der Waals surface area contributed by atoms with Crippen LogP contribution in [0.4, 0.5) is 5.69 Å². The predicted molar refractivity (Wildman–Crippen MR) is 121 cm³/mol. The number of benzene rings is 3. The lowest BCUT2D eigenvalue weighted by atomic mass is 9.77. The lowest BCUT2D eigenvalue weighted by Crippen LogP contribution is -2.25. The van der Waals surface area contributed by atoms with Crippen molar-refractivity contribution in [3.8, 4) is 0 Å². The fraction of sp³-hybridized carbons (Fsp3) is 0.208. The number of aryl methyl sites for hydroxylation is 2. The minimum Gasteiger partial charge on any atom is -0.478 e. The van der Waals surface area contributed by atoms with E-state index in [0.29, 0.717) is 10.7 Å². The average Bonchev–Trinajstić information content (AvgIpc) is 2.68. The van der Waals surface area contributed by atoms with Gasteiger partial charge in [0.25, 0.3) is 0 Å². The van der Waals surface area contributed by atoms with Crippen LogP contribution in [0, 0.1) is 13.8 Å². The van der Waals surface area contributed by atoms with Crippen molar-refractivity contribution < 1.29 is 9.90 Å². The number of hydrogen-bond donors (Lipinski definition) is 2. The maximum absolute atomic E-state index is 12.0. The molecule has 0 amide bonds. The standard InChI is InChI=1S/C24H21BrClNO2/c1-13-6-7-14(2)18(8-13)19-12-22(15-4-3-5-17(26)9-15)27-23-20(19)10-16(25)11-21(23)24(28)29/h3-11,19,22,27H,12H2,1-2H3,(H,28,29)/t19-,22-/m1/s1. The normalized spacial score (nSPS) is 18.1. The molecule has 0 fully saturated rings. The highest BCUT2D eigenvalue weighted by Crippen LogP contribution is 2.47. The molecule has 29 heavy (non-hydrogen) atoms. The van der Waals surface area contributed by atoms with Crippen molar-refractivity contribution in [3.05, 3.63) is 97.5 Å². The summed E-state index contributed by atoms with van der Waals surface area (Å²) in [6.07, 6.45) is 0.813. The zero-order valence-electron chi connectivity index (χ0n) is 16.2. The van der Waals surface area contributed by atoms with E-state index in [1.54, 1.807) is 6.07 Å². The molecule has 0 aliphatic carbocycles. The quantitative estimate of drug-likeness (QED) is 0.429. The Bertz CT molecular complexity index is 1110. The predicted octanol–water partition coefficient (Wildman–Crippen LogP) is 7.11. The molecule has 3 aromatic rings. The number of fused-ring (bicyclic) bond motifs is 1. The van der Waals surface area contributed by atoms with Gasteiger partial charge >= 0.3 is 5.97 Å². The van der Waals surface area contributed by atoms with Crippen LogP contribution in [0.15, 0.2) is 59.1 Å². The second kappa shape index (κ2) is 7.85. The van der Waals surface area contributed by atoms with E-state index in [4.69, 9.17) is 11.6 Å². The molecule has 1 heterocycles. The smallest absolute Gasteiger partial charge is 0.337 e. The van der Waals surface area contributed by atoms with E-state index >= 15 is 0 Å². The highest BCUT2D eigenvalue weighted by Gasteiger charge is 2.32. The van der Waals surface area contributed by atoms with Crippen LogP contribution in [0.3, 0.4) is 0 Å². The lowest BCUT2D eigenvalue weighted by molar-refractivity contribution is 0.0697. The molecule has 5 heteroatoms. The van der Waals surface area contributed by atoms with E-state index in [-0.39, 0.29) is 17.5 Å². The number of hydrogen-bond acceptors (Lipinski definition) is 2. The maximum Gasteiger partial charge on any atom is 0.337 e. The average molecular weight is 471 g/mol. The number of aromatic carboxylic acids is 1. The number of carboxylic acid groups (broad SMARTS) is 1. The molecule has 0 aromatic heterocycles. The van der Waals surface area contributed by atoms with Crippen LogP contribution in [-0.2, 0) is 0 Å². The van der Waals surface area contributed by atoms with Crippen molar-refractivity contribution in [2.45, 2.75) is 32.2 Å².